The van der Waals surface area contributed by atoms with Crippen LogP contribution in [0.4, 0.5) is 0 Å². The monoisotopic (exact) mass is 481 g/mol. The average molecular weight is 482 g/mol. The molecule has 5 rings (SSSR count). The van der Waals surface area contributed by atoms with Crippen LogP contribution < -0.4 is 5.32 Å². The molecule has 0 aliphatic rings. The van der Waals surface area contributed by atoms with Gasteiger partial charge in [-0.05, 0) is 27.8 Å². The number of benzene rings is 5. The first-order valence-electron chi connectivity index (χ1n) is 12.7. The molecule has 0 saturated heterocycles. The minimum absolute atomic E-state index is 0.387. The van der Waals surface area contributed by atoms with Crippen molar-refractivity contribution in [1.29, 1.82) is 0 Å². The van der Waals surface area contributed by atoms with Gasteiger partial charge in [-0.25, -0.2) is 0 Å². The molecule has 0 saturated carbocycles. The Kier molecular flexibility index (Phi) is 7.71. The van der Waals surface area contributed by atoms with E-state index in [0.29, 0.717) is 0 Å². The summed E-state index contributed by atoms with van der Waals surface area (Å²) in [5.74, 6) is 0. The molecule has 2 atom stereocenters. The van der Waals surface area contributed by atoms with Gasteiger partial charge in [0.2, 0.25) is 0 Å². The van der Waals surface area contributed by atoms with Crippen molar-refractivity contribution >= 4 is 6.08 Å². The highest BCUT2D eigenvalue weighted by Crippen LogP contribution is 2.39. The van der Waals surface area contributed by atoms with E-state index in [-0.39, 0.29) is 6.04 Å². The summed E-state index contributed by atoms with van der Waals surface area (Å²) in [7, 11) is 0. The first-order valence-corrected chi connectivity index (χ1v) is 12.7. The van der Waals surface area contributed by atoms with Crippen LogP contribution in [0.1, 0.15) is 33.9 Å². The predicted octanol–water partition coefficient (Wildman–Crippen LogP) is 7.38. The fourth-order valence-corrected chi connectivity index (χ4v) is 4.96. The lowest BCUT2D eigenvalue weighted by atomic mass is 9.75. The molecule has 2 nitrogen and oxygen atoms in total. The summed E-state index contributed by atoms with van der Waals surface area (Å²) in [5.41, 5.74) is 4.67. The second kappa shape index (κ2) is 11.7. The molecule has 5 aromatic carbocycles. The largest absolute Gasteiger partial charge is 0.387 e. The highest BCUT2D eigenvalue weighted by molar-refractivity contribution is 5.52. The first kappa shape index (κ1) is 24.5. The van der Waals surface area contributed by atoms with Crippen LogP contribution in [0, 0.1) is 0 Å². The summed E-state index contributed by atoms with van der Waals surface area (Å²) in [6.07, 6.45) is 3.08. The third kappa shape index (κ3) is 5.46. The number of aliphatic hydroxyl groups is 1. The van der Waals surface area contributed by atoms with Crippen molar-refractivity contribution in [2.45, 2.75) is 17.7 Å². The fourth-order valence-electron chi connectivity index (χ4n) is 4.96. The third-order valence-corrected chi connectivity index (χ3v) is 6.78. The normalized spacial score (nSPS) is 13.3. The highest BCUT2D eigenvalue weighted by atomic mass is 16.3. The molecular weight excluding hydrogens is 450 g/mol. The molecule has 0 bridgehead atoms. The van der Waals surface area contributed by atoms with Gasteiger partial charge in [-0.1, -0.05) is 164 Å². The van der Waals surface area contributed by atoms with Gasteiger partial charge >= 0.3 is 0 Å². The van der Waals surface area contributed by atoms with E-state index >= 15 is 0 Å². The number of hydrogen-bond acceptors (Lipinski definition) is 2. The summed E-state index contributed by atoms with van der Waals surface area (Å²) < 4.78 is 0. The van der Waals surface area contributed by atoms with E-state index in [2.05, 4.69) is 90.2 Å². The zero-order chi connectivity index (χ0) is 25.3. The Morgan fingerprint density at radius 3 is 1.32 bits per heavy atom. The molecule has 0 fully saturated rings. The molecule has 5 aromatic rings. The van der Waals surface area contributed by atoms with Crippen LogP contribution in [0.2, 0.25) is 0 Å². The molecule has 2 unspecified atom stereocenters. The maximum atomic E-state index is 11.7. The molecule has 37 heavy (non-hydrogen) atoms. The van der Waals surface area contributed by atoms with Crippen LogP contribution in [0.15, 0.2) is 158 Å². The Morgan fingerprint density at radius 1 is 0.514 bits per heavy atom. The standard InChI is InChI=1S/C35H31NO/c37-33(27-26-28-16-6-1-7-17-28)34(29-18-8-2-9-19-29)36-35(30-20-10-3-11-21-30,31-22-12-4-13-23-31)32-24-14-5-15-25-32/h1-27,33-34,36-37H. The molecule has 0 radical (unpaired) electrons. The zero-order valence-electron chi connectivity index (χ0n) is 20.7. The van der Waals surface area contributed by atoms with Crippen molar-refractivity contribution < 1.29 is 5.11 Å². The van der Waals surface area contributed by atoms with Gasteiger partial charge in [0.1, 0.15) is 0 Å². The van der Waals surface area contributed by atoms with Crippen molar-refractivity contribution in [2.75, 3.05) is 0 Å². The molecule has 2 heteroatoms. The van der Waals surface area contributed by atoms with Crippen molar-refractivity contribution in [3.8, 4) is 0 Å². The molecule has 182 valence electrons. The summed E-state index contributed by atoms with van der Waals surface area (Å²) in [6.45, 7) is 0. The summed E-state index contributed by atoms with van der Waals surface area (Å²) in [6, 6.07) is 51.3. The van der Waals surface area contributed by atoms with Crippen molar-refractivity contribution in [3.63, 3.8) is 0 Å². The third-order valence-electron chi connectivity index (χ3n) is 6.78. The quantitative estimate of drug-likeness (QED) is 0.215. The van der Waals surface area contributed by atoms with Crippen LogP contribution in [0.3, 0.4) is 0 Å². The molecule has 0 aliphatic heterocycles. The Morgan fingerprint density at radius 2 is 0.892 bits per heavy atom. The molecule has 0 spiro atoms. The van der Waals surface area contributed by atoms with E-state index in [4.69, 9.17) is 0 Å². The number of rotatable bonds is 9. The van der Waals surface area contributed by atoms with Gasteiger partial charge in [0.25, 0.3) is 0 Å². The van der Waals surface area contributed by atoms with Crippen LogP contribution >= 0.6 is 0 Å². The van der Waals surface area contributed by atoms with Gasteiger partial charge in [0, 0.05) is 0 Å². The smallest absolute Gasteiger partial charge is 0.0953 e. The molecular formula is C35H31NO. The lowest BCUT2D eigenvalue weighted by Crippen LogP contribution is -2.49. The summed E-state index contributed by atoms with van der Waals surface area (Å²) in [5, 5.41) is 15.6. The Hall–Kier alpha value is -4.24. The van der Waals surface area contributed by atoms with E-state index in [9.17, 15) is 5.11 Å². The minimum atomic E-state index is -0.780. The van der Waals surface area contributed by atoms with Gasteiger partial charge < -0.3 is 5.11 Å². The second-order valence-electron chi connectivity index (χ2n) is 9.14. The SMILES string of the molecule is OC(C=Cc1ccccc1)C(NC(c1ccccc1)(c1ccccc1)c1ccccc1)c1ccccc1. The first-order chi connectivity index (χ1) is 18.3. The zero-order valence-corrected chi connectivity index (χ0v) is 20.7. The van der Waals surface area contributed by atoms with Gasteiger partial charge in [-0.3, -0.25) is 5.32 Å². The number of nitrogens with one attached hydrogen (secondary N) is 1. The molecule has 0 aliphatic carbocycles. The minimum Gasteiger partial charge on any atom is -0.387 e. The average Bonchev–Trinajstić information content (AvgIpc) is 2.99. The van der Waals surface area contributed by atoms with Crippen LogP contribution in [0.5, 0.6) is 0 Å². The summed E-state index contributed by atoms with van der Waals surface area (Å²) in [4.78, 5) is 0. The van der Waals surface area contributed by atoms with E-state index in [1.807, 2.05) is 78.9 Å². The van der Waals surface area contributed by atoms with Gasteiger partial charge in [-0.15, -0.1) is 0 Å². The highest BCUT2D eigenvalue weighted by Gasteiger charge is 2.39. The van der Waals surface area contributed by atoms with E-state index in [1.165, 1.54) is 0 Å². The van der Waals surface area contributed by atoms with Crippen LogP contribution in [-0.4, -0.2) is 11.2 Å². The maximum Gasteiger partial charge on any atom is 0.0953 e. The Labute approximate surface area is 219 Å². The Balaban J connectivity index is 1.68. The van der Waals surface area contributed by atoms with Crippen LogP contribution in [-0.2, 0) is 5.54 Å². The molecule has 0 aromatic heterocycles. The summed E-state index contributed by atoms with van der Waals surface area (Å²) >= 11 is 0. The fraction of sp³-hybridized carbons (Fsp3) is 0.0857. The molecule has 0 heterocycles. The van der Waals surface area contributed by atoms with E-state index < -0.39 is 11.6 Å². The van der Waals surface area contributed by atoms with E-state index in [0.717, 1.165) is 27.8 Å². The van der Waals surface area contributed by atoms with Gasteiger partial charge in [0.15, 0.2) is 0 Å². The van der Waals surface area contributed by atoms with E-state index in [1.54, 1.807) is 0 Å². The second-order valence-corrected chi connectivity index (χ2v) is 9.14. The van der Waals surface area contributed by atoms with Crippen molar-refractivity contribution in [3.05, 3.63) is 186 Å². The van der Waals surface area contributed by atoms with Crippen molar-refractivity contribution in [2.24, 2.45) is 0 Å². The lowest BCUT2D eigenvalue weighted by Gasteiger charge is -2.41. The predicted molar refractivity (Wildman–Crippen MR) is 153 cm³/mol. The van der Waals surface area contributed by atoms with Gasteiger partial charge in [0.05, 0.1) is 17.7 Å². The number of aliphatic hydroxyl groups excluding tert-OH is 1. The molecule has 2 N–H and O–H groups in total. The Bertz CT molecular complexity index is 1290. The van der Waals surface area contributed by atoms with Gasteiger partial charge in [-0.2, -0.15) is 0 Å². The molecule has 0 amide bonds. The number of hydrogen-bond donors (Lipinski definition) is 2. The maximum absolute atomic E-state index is 11.7. The van der Waals surface area contributed by atoms with Crippen LogP contribution in [0.25, 0.3) is 6.08 Å². The topological polar surface area (TPSA) is 32.3 Å². The van der Waals surface area contributed by atoms with Crippen molar-refractivity contribution in [1.82, 2.24) is 5.32 Å². The lowest BCUT2D eigenvalue weighted by molar-refractivity contribution is 0.158.